The van der Waals surface area contributed by atoms with Gasteiger partial charge in [0.2, 0.25) is 15.9 Å². The normalized spacial score (nSPS) is 11.0. The molecular weight excluding hydrogens is 404 g/mol. The molecule has 28 heavy (non-hydrogen) atoms. The molecule has 0 N–H and O–H groups in total. The smallest absolute Gasteiger partial charge is 0.243 e. The van der Waals surface area contributed by atoms with Crippen molar-refractivity contribution < 1.29 is 22.7 Å². The van der Waals surface area contributed by atoms with Crippen LogP contribution in [0, 0.1) is 0 Å². The lowest BCUT2D eigenvalue weighted by Gasteiger charge is -2.26. The van der Waals surface area contributed by atoms with Crippen LogP contribution in [0.3, 0.4) is 0 Å². The van der Waals surface area contributed by atoms with Gasteiger partial charge in [-0.1, -0.05) is 29.8 Å². The van der Waals surface area contributed by atoms with Crippen LogP contribution in [0.15, 0.2) is 42.5 Å². The van der Waals surface area contributed by atoms with Gasteiger partial charge in [0.05, 0.1) is 26.2 Å². The van der Waals surface area contributed by atoms with Crippen molar-refractivity contribution in [1.82, 2.24) is 4.90 Å². The van der Waals surface area contributed by atoms with Crippen LogP contribution in [0.1, 0.15) is 5.56 Å². The minimum Gasteiger partial charge on any atom is -0.496 e. The summed E-state index contributed by atoms with van der Waals surface area (Å²) in [5.74, 6) is 0.562. The molecule has 0 bridgehead atoms. The van der Waals surface area contributed by atoms with E-state index in [4.69, 9.17) is 21.1 Å². The van der Waals surface area contributed by atoms with E-state index in [1.165, 1.54) is 18.1 Å². The van der Waals surface area contributed by atoms with Gasteiger partial charge in [0.15, 0.2) is 0 Å². The topological polar surface area (TPSA) is 76.2 Å². The molecule has 0 unspecified atom stereocenters. The molecule has 7 nitrogen and oxygen atoms in total. The SMILES string of the molecule is COc1ccccc1CN(C)C(=O)CN(c1cc(Cl)ccc1OC)S(C)(=O)=O. The van der Waals surface area contributed by atoms with Gasteiger partial charge in [0, 0.05) is 24.2 Å². The zero-order valence-corrected chi connectivity index (χ0v) is 17.7. The Morgan fingerprint density at radius 2 is 1.71 bits per heavy atom. The number of rotatable bonds is 8. The van der Waals surface area contributed by atoms with Crippen LogP contribution in [-0.4, -0.2) is 53.3 Å². The number of carbonyl (C=O) groups is 1. The number of benzene rings is 2. The lowest BCUT2D eigenvalue weighted by atomic mass is 10.2. The van der Waals surface area contributed by atoms with Crippen molar-refractivity contribution in [3.63, 3.8) is 0 Å². The lowest BCUT2D eigenvalue weighted by Crippen LogP contribution is -2.41. The predicted molar refractivity (Wildman–Crippen MR) is 110 cm³/mol. The molecule has 1 amide bonds. The molecule has 0 aliphatic rings. The summed E-state index contributed by atoms with van der Waals surface area (Å²) in [5, 5.41) is 0.333. The third-order valence-electron chi connectivity index (χ3n) is 4.11. The highest BCUT2D eigenvalue weighted by molar-refractivity contribution is 7.92. The molecule has 0 spiro atoms. The summed E-state index contributed by atoms with van der Waals surface area (Å²) in [5.41, 5.74) is 1.02. The summed E-state index contributed by atoms with van der Waals surface area (Å²) in [6.07, 6.45) is 1.03. The van der Waals surface area contributed by atoms with Gasteiger partial charge in [-0.05, 0) is 24.3 Å². The molecule has 2 aromatic rings. The van der Waals surface area contributed by atoms with Crippen molar-refractivity contribution in [3.05, 3.63) is 53.1 Å². The number of carbonyl (C=O) groups excluding carboxylic acids is 1. The Balaban J connectivity index is 2.28. The Hall–Kier alpha value is -2.45. The Morgan fingerprint density at radius 3 is 2.32 bits per heavy atom. The number of ether oxygens (including phenoxy) is 2. The third kappa shape index (κ3) is 5.30. The maximum absolute atomic E-state index is 12.8. The Kier molecular flexibility index (Phi) is 7.15. The van der Waals surface area contributed by atoms with Gasteiger partial charge in [0.1, 0.15) is 18.0 Å². The van der Waals surface area contributed by atoms with E-state index in [2.05, 4.69) is 0 Å². The zero-order chi connectivity index (χ0) is 20.9. The highest BCUT2D eigenvalue weighted by Crippen LogP contribution is 2.32. The monoisotopic (exact) mass is 426 g/mol. The van der Waals surface area contributed by atoms with Crippen molar-refractivity contribution in [3.8, 4) is 11.5 Å². The molecule has 9 heteroatoms. The zero-order valence-electron chi connectivity index (χ0n) is 16.2. The molecule has 0 aliphatic heterocycles. The third-order valence-corrected chi connectivity index (χ3v) is 5.48. The number of sulfonamides is 1. The van der Waals surface area contributed by atoms with Crippen LogP contribution in [-0.2, 0) is 21.4 Å². The second kappa shape index (κ2) is 9.16. The molecule has 0 saturated carbocycles. The summed E-state index contributed by atoms with van der Waals surface area (Å²) in [6, 6.07) is 11.9. The molecular formula is C19H23ClN2O5S. The highest BCUT2D eigenvalue weighted by Gasteiger charge is 2.26. The van der Waals surface area contributed by atoms with E-state index in [0.29, 0.717) is 16.5 Å². The first-order valence-corrected chi connectivity index (χ1v) is 10.6. The van der Waals surface area contributed by atoms with Crippen molar-refractivity contribution in [1.29, 1.82) is 0 Å². The van der Waals surface area contributed by atoms with Gasteiger partial charge in [-0.3, -0.25) is 9.10 Å². The number of nitrogens with zero attached hydrogens (tertiary/aromatic N) is 2. The molecule has 0 saturated heterocycles. The number of anilines is 1. The molecule has 0 atom stereocenters. The fraction of sp³-hybridized carbons (Fsp3) is 0.316. The van der Waals surface area contributed by atoms with Gasteiger partial charge in [-0.25, -0.2) is 8.42 Å². The molecule has 2 aromatic carbocycles. The van der Waals surface area contributed by atoms with Gasteiger partial charge in [0.25, 0.3) is 0 Å². The summed E-state index contributed by atoms with van der Waals surface area (Å²) in [7, 11) is 0.815. The Morgan fingerprint density at radius 1 is 1.07 bits per heavy atom. The van der Waals surface area contributed by atoms with Gasteiger partial charge in [-0.2, -0.15) is 0 Å². The molecule has 0 heterocycles. The number of likely N-dealkylation sites (N-methyl/N-ethyl adjacent to an activating group) is 1. The Bertz CT molecular complexity index is 949. The summed E-state index contributed by atoms with van der Waals surface area (Å²) >= 11 is 6.02. The number of methoxy groups -OCH3 is 2. The fourth-order valence-electron chi connectivity index (χ4n) is 2.66. The maximum atomic E-state index is 12.8. The van der Waals surface area contributed by atoms with E-state index < -0.39 is 15.9 Å². The summed E-state index contributed by atoms with van der Waals surface area (Å²) < 4.78 is 36.3. The standard InChI is InChI=1S/C19H23ClN2O5S/c1-21(12-14-7-5-6-8-17(14)26-2)19(23)13-22(28(4,24)25)16-11-15(20)9-10-18(16)27-3/h5-11H,12-13H2,1-4H3. The second-order valence-electron chi connectivity index (χ2n) is 6.15. The van der Waals surface area contributed by atoms with E-state index in [-0.39, 0.29) is 18.8 Å². The number of hydrogen-bond acceptors (Lipinski definition) is 5. The molecule has 0 aromatic heterocycles. The van der Waals surface area contributed by atoms with Crippen molar-refractivity contribution >= 4 is 33.2 Å². The summed E-state index contributed by atoms with van der Waals surface area (Å²) in [6.45, 7) is -0.117. The number of halogens is 1. The van der Waals surface area contributed by atoms with E-state index >= 15 is 0 Å². The largest absolute Gasteiger partial charge is 0.496 e. The minimum absolute atomic E-state index is 0.205. The van der Waals surface area contributed by atoms with Crippen LogP contribution in [0.5, 0.6) is 11.5 Å². The number of para-hydroxylation sites is 1. The summed E-state index contributed by atoms with van der Waals surface area (Å²) in [4.78, 5) is 14.2. The average Bonchev–Trinajstić information content (AvgIpc) is 2.65. The molecule has 2 rings (SSSR count). The lowest BCUT2D eigenvalue weighted by molar-refractivity contribution is -0.128. The molecule has 0 radical (unpaired) electrons. The number of amides is 1. The average molecular weight is 427 g/mol. The van der Waals surface area contributed by atoms with Crippen molar-refractivity contribution in [2.75, 3.05) is 38.4 Å². The molecule has 0 aliphatic carbocycles. The first-order valence-electron chi connectivity index (χ1n) is 8.34. The van der Waals surface area contributed by atoms with Crippen LogP contribution < -0.4 is 13.8 Å². The van der Waals surface area contributed by atoms with Gasteiger partial charge >= 0.3 is 0 Å². The Labute approximate surface area is 170 Å². The van der Waals surface area contributed by atoms with E-state index in [1.807, 2.05) is 18.2 Å². The predicted octanol–water partition coefficient (Wildman–Crippen LogP) is 2.78. The fourth-order valence-corrected chi connectivity index (χ4v) is 3.67. The first-order chi connectivity index (χ1) is 13.2. The second-order valence-corrected chi connectivity index (χ2v) is 8.49. The molecule has 0 fully saturated rings. The number of hydrogen-bond donors (Lipinski definition) is 0. The minimum atomic E-state index is -3.76. The van der Waals surface area contributed by atoms with Crippen LogP contribution >= 0.6 is 11.6 Å². The van der Waals surface area contributed by atoms with Gasteiger partial charge in [-0.15, -0.1) is 0 Å². The van der Waals surface area contributed by atoms with E-state index in [9.17, 15) is 13.2 Å². The van der Waals surface area contributed by atoms with E-state index in [1.54, 1.807) is 32.4 Å². The van der Waals surface area contributed by atoms with Crippen LogP contribution in [0.2, 0.25) is 5.02 Å². The van der Waals surface area contributed by atoms with Crippen LogP contribution in [0.25, 0.3) is 0 Å². The maximum Gasteiger partial charge on any atom is 0.243 e. The quantitative estimate of drug-likeness (QED) is 0.648. The van der Waals surface area contributed by atoms with Crippen molar-refractivity contribution in [2.45, 2.75) is 6.54 Å². The first kappa shape index (κ1) is 21.8. The highest BCUT2D eigenvalue weighted by atomic mass is 35.5. The molecule has 152 valence electrons. The van der Waals surface area contributed by atoms with Crippen LogP contribution in [0.4, 0.5) is 5.69 Å². The van der Waals surface area contributed by atoms with Crippen molar-refractivity contribution in [2.24, 2.45) is 0 Å². The van der Waals surface area contributed by atoms with Gasteiger partial charge < -0.3 is 14.4 Å². The van der Waals surface area contributed by atoms with E-state index in [0.717, 1.165) is 16.1 Å².